The first kappa shape index (κ1) is 12.0. The minimum Gasteiger partial charge on any atom is -0.441 e. The number of nitrogens with zero attached hydrogens (tertiary/aromatic N) is 1. The van der Waals surface area contributed by atoms with Crippen molar-refractivity contribution >= 4 is 11.6 Å². The Morgan fingerprint density at radius 3 is 2.76 bits per heavy atom. The van der Waals surface area contributed by atoms with Crippen molar-refractivity contribution < 1.29 is 13.2 Å². The van der Waals surface area contributed by atoms with Crippen molar-refractivity contribution in [1.82, 2.24) is 4.98 Å². The van der Waals surface area contributed by atoms with Crippen LogP contribution in [0.2, 0.25) is 0 Å². The lowest BCUT2D eigenvalue weighted by Gasteiger charge is -2.02. The van der Waals surface area contributed by atoms with E-state index < -0.39 is 11.6 Å². The molecule has 2 rings (SSSR count). The van der Waals surface area contributed by atoms with Crippen molar-refractivity contribution in [2.24, 2.45) is 0 Å². The first-order valence-corrected chi connectivity index (χ1v) is 5.62. The second-order valence-electron chi connectivity index (χ2n) is 3.64. The molecule has 2 aromatic rings. The average molecular weight is 258 g/mol. The third kappa shape index (κ3) is 2.47. The van der Waals surface area contributed by atoms with Crippen LogP contribution in [0.1, 0.15) is 11.5 Å². The van der Waals surface area contributed by atoms with Gasteiger partial charge < -0.3 is 4.42 Å². The maximum Gasteiger partial charge on any atom is 0.196 e. The van der Waals surface area contributed by atoms with E-state index in [-0.39, 0.29) is 16.9 Å². The highest BCUT2D eigenvalue weighted by molar-refractivity contribution is 6.17. The molecule has 0 atom stereocenters. The van der Waals surface area contributed by atoms with Crippen LogP contribution in [0.3, 0.4) is 0 Å². The third-order valence-corrected chi connectivity index (χ3v) is 2.56. The summed E-state index contributed by atoms with van der Waals surface area (Å²) in [6, 6.07) is 2.24. The van der Waals surface area contributed by atoms with E-state index in [9.17, 15) is 8.78 Å². The van der Waals surface area contributed by atoms with Gasteiger partial charge in [0.25, 0.3) is 0 Å². The normalized spacial score (nSPS) is 10.8. The molecule has 17 heavy (non-hydrogen) atoms. The van der Waals surface area contributed by atoms with Crippen molar-refractivity contribution in [1.29, 1.82) is 0 Å². The molecule has 0 bridgehead atoms. The van der Waals surface area contributed by atoms with Crippen LogP contribution < -0.4 is 0 Å². The smallest absolute Gasteiger partial charge is 0.196 e. The predicted molar refractivity (Wildman–Crippen MR) is 61.0 cm³/mol. The van der Waals surface area contributed by atoms with E-state index in [1.165, 1.54) is 13.1 Å². The van der Waals surface area contributed by atoms with Crippen molar-refractivity contribution in [2.75, 3.05) is 5.88 Å². The summed E-state index contributed by atoms with van der Waals surface area (Å²) < 4.78 is 32.3. The van der Waals surface area contributed by atoms with Gasteiger partial charge in [0.2, 0.25) is 0 Å². The molecule has 0 unspecified atom stereocenters. The van der Waals surface area contributed by atoms with Crippen molar-refractivity contribution in [2.45, 2.75) is 13.3 Å². The number of oxazole rings is 1. The largest absolute Gasteiger partial charge is 0.441 e. The second-order valence-corrected chi connectivity index (χ2v) is 4.02. The Balaban J connectivity index is 2.41. The van der Waals surface area contributed by atoms with Crippen molar-refractivity contribution in [3.05, 3.63) is 41.4 Å². The van der Waals surface area contributed by atoms with Gasteiger partial charge in [0.15, 0.2) is 11.7 Å². The molecule has 2 nitrogen and oxygen atoms in total. The number of aromatic nitrogens is 1. The first-order chi connectivity index (χ1) is 8.11. The highest BCUT2D eigenvalue weighted by Crippen LogP contribution is 2.26. The number of hydrogen-bond acceptors (Lipinski definition) is 2. The van der Waals surface area contributed by atoms with E-state index in [4.69, 9.17) is 16.0 Å². The molecule has 0 aliphatic heterocycles. The Bertz CT molecular complexity index is 539. The topological polar surface area (TPSA) is 26.0 Å². The zero-order valence-electron chi connectivity index (χ0n) is 9.14. The molecule has 90 valence electrons. The SMILES string of the molecule is Cc1cc(F)c(-c2cnc(CCCl)o2)cc1F. The lowest BCUT2D eigenvalue weighted by Crippen LogP contribution is -1.89. The summed E-state index contributed by atoms with van der Waals surface area (Å²) in [6.07, 6.45) is 1.83. The quantitative estimate of drug-likeness (QED) is 0.784. The molecule has 0 saturated carbocycles. The second kappa shape index (κ2) is 4.84. The van der Waals surface area contributed by atoms with E-state index in [0.29, 0.717) is 18.2 Å². The minimum atomic E-state index is -0.530. The van der Waals surface area contributed by atoms with E-state index in [2.05, 4.69) is 4.98 Å². The van der Waals surface area contributed by atoms with Crippen LogP contribution in [0.15, 0.2) is 22.7 Å². The maximum absolute atomic E-state index is 13.6. The van der Waals surface area contributed by atoms with Crippen LogP contribution in [0, 0.1) is 18.6 Å². The molecule has 0 aliphatic rings. The zero-order valence-corrected chi connectivity index (χ0v) is 9.89. The fourth-order valence-electron chi connectivity index (χ4n) is 1.47. The van der Waals surface area contributed by atoms with Gasteiger partial charge in [0.05, 0.1) is 11.8 Å². The van der Waals surface area contributed by atoms with E-state index in [1.54, 1.807) is 0 Å². The molecule has 5 heteroatoms. The molecular formula is C12H10ClF2NO. The summed E-state index contributed by atoms with van der Waals surface area (Å²) >= 11 is 5.53. The van der Waals surface area contributed by atoms with Crippen molar-refractivity contribution in [3.8, 4) is 11.3 Å². The summed E-state index contributed by atoms with van der Waals surface area (Å²) in [7, 11) is 0. The summed E-state index contributed by atoms with van der Waals surface area (Å²) in [4.78, 5) is 3.94. The first-order valence-electron chi connectivity index (χ1n) is 5.08. The fraction of sp³-hybridized carbons (Fsp3) is 0.250. The lowest BCUT2D eigenvalue weighted by molar-refractivity contribution is 0.508. The molecule has 0 saturated heterocycles. The molecule has 1 aromatic heterocycles. The van der Waals surface area contributed by atoms with Crippen LogP contribution in [0.4, 0.5) is 8.78 Å². The van der Waals surface area contributed by atoms with E-state index in [0.717, 1.165) is 12.1 Å². The highest BCUT2D eigenvalue weighted by Gasteiger charge is 2.13. The van der Waals surface area contributed by atoms with Gasteiger partial charge in [-0.3, -0.25) is 0 Å². The molecule has 0 fully saturated rings. The number of rotatable bonds is 3. The number of aryl methyl sites for hydroxylation is 2. The summed E-state index contributed by atoms with van der Waals surface area (Å²) in [5.41, 5.74) is 0.327. The molecule has 1 aromatic carbocycles. The molecule has 0 spiro atoms. The third-order valence-electron chi connectivity index (χ3n) is 2.38. The number of hydrogen-bond donors (Lipinski definition) is 0. The van der Waals surface area contributed by atoms with Crippen LogP contribution in [0.5, 0.6) is 0 Å². The van der Waals surface area contributed by atoms with Gasteiger partial charge in [-0.2, -0.15) is 0 Å². The summed E-state index contributed by atoms with van der Waals surface area (Å²) in [5, 5.41) is 0. The molecule has 0 N–H and O–H groups in total. The minimum absolute atomic E-state index is 0.0708. The van der Waals surface area contributed by atoms with Crippen molar-refractivity contribution in [3.63, 3.8) is 0 Å². The van der Waals surface area contributed by atoms with Gasteiger partial charge in [-0.15, -0.1) is 11.6 Å². The van der Waals surface area contributed by atoms with Gasteiger partial charge in [-0.1, -0.05) is 0 Å². The van der Waals surface area contributed by atoms with E-state index >= 15 is 0 Å². The number of benzene rings is 1. The Morgan fingerprint density at radius 2 is 2.06 bits per heavy atom. The van der Waals surface area contributed by atoms with Crippen LogP contribution in [-0.2, 0) is 6.42 Å². The van der Waals surface area contributed by atoms with Crippen LogP contribution >= 0.6 is 11.6 Å². The van der Waals surface area contributed by atoms with Gasteiger partial charge in [0, 0.05) is 12.3 Å². The van der Waals surface area contributed by atoms with Gasteiger partial charge >= 0.3 is 0 Å². The number of alkyl halides is 1. The van der Waals surface area contributed by atoms with E-state index in [1.807, 2.05) is 0 Å². The van der Waals surface area contributed by atoms with Gasteiger partial charge in [0.1, 0.15) is 11.6 Å². The maximum atomic E-state index is 13.6. The van der Waals surface area contributed by atoms with Gasteiger partial charge in [-0.25, -0.2) is 13.8 Å². The predicted octanol–water partition coefficient (Wildman–Crippen LogP) is 3.71. The lowest BCUT2D eigenvalue weighted by atomic mass is 10.1. The Hall–Kier alpha value is -1.42. The molecule has 0 amide bonds. The summed E-state index contributed by atoms with van der Waals surface area (Å²) in [6.45, 7) is 1.50. The summed E-state index contributed by atoms with van der Waals surface area (Å²) in [5.74, 6) is -0.0175. The standard InChI is InChI=1S/C12H10ClF2NO/c1-7-4-10(15)8(5-9(7)14)11-6-16-12(17-11)2-3-13/h4-6H,2-3H2,1H3. The van der Waals surface area contributed by atoms with Crippen LogP contribution in [0.25, 0.3) is 11.3 Å². The molecule has 1 heterocycles. The Morgan fingerprint density at radius 1 is 1.29 bits per heavy atom. The molecular weight excluding hydrogens is 248 g/mol. The van der Waals surface area contributed by atoms with Gasteiger partial charge in [-0.05, 0) is 24.6 Å². The van der Waals surface area contributed by atoms with Crippen LogP contribution in [-0.4, -0.2) is 10.9 Å². The highest BCUT2D eigenvalue weighted by atomic mass is 35.5. The zero-order chi connectivity index (χ0) is 12.4. The Labute approximate surface area is 102 Å². The molecule has 0 radical (unpaired) electrons. The monoisotopic (exact) mass is 257 g/mol. The fourth-order valence-corrected chi connectivity index (χ4v) is 1.63. The average Bonchev–Trinajstić information content (AvgIpc) is 2.72. The number of halogens is 3. The Kier molecular flexibility index (Phi) is 3.43. The molecule has 0 aliphatic carbocycles.